The van der Waals surface area contributed by atoms with Gasteiger partial charge in [-0.3, -0.25) is 9.59 Å². The molecule has 11 heteroatoms. The van der Waals surface area contributed by atoms with Crippen LogP contribution >= 0.6 is 0 Å². The van der Waals surface area contributed by atoms with Crippen LogP contribution in [0.4, 0.5) is 5.69 Å². The van der Waals surface area contributed by atoms with Crippen molar-refractivity contribution in [1.82, 2.24) is 8.61 Å². The van der Waals surface area contributed by atoms with Crippen molar-refractivity contribution in [2.45, 2.75) is 36.0 Å². The number of likely N-dealkylation sites (N-methyl/N-ethyl adjacent to an activating group) is 1. The summed E-state index contributed by atoms with van der Waals surface area (Å²) in [6.07, 6.45) is 2.69. The summed E-state index contributed by atoms with van der Waals surface area (Å²) in [5.74, 6) is -0.755. The summed E-state index contributed by atoms with van der Waals surface area (Å²) in [4.78, 5) is 23.9. The molecule has 0 spiro atoms. The second kappa shape index (κ2) is 10.1. The molecule has 1 fully saturated rings. The number of rotatable bonds is 8. The predicted molar refractivity (Wildman–Crippen MR) is 124 cm³/mol. The molecule has 1 saturated heterocycles. The highest BCUT2D eigenvalue weighted by molar-refractivity contribution is 7.89. The van der Waals surface area contributed by atoms with Crippen LogP contribution < -0.4 is 5.32 Å². The molecule has 178 valence electrons. The van der Waals surface area contributed by atoms with Crippen molar-refractivity contribution in [3.05, 3.63) is 54.1 Å². The molecule has 9 nitrogen and oxygen atoms in total. The molecule has 1 aliphatic rings. The van der Waals surface area contributed by atoms with Crippen LogP contribution in [0.3, 0.4) is 0 Å². The zero-order valence-corrected chi connectivity index (χ0v) is 20.2. The van der Waals surface area contributed by atoms with Crippen LogP contribution in [0.2, 0.25) is 0 Å². The molecule has 0 aliphatic carbocycles. The van der Waals surface area contributed by atoms with Gasteiger partial charge in [-0.2, -0.15) is 8.61 Å². The van der Waals surface area contributed by atoms with Gasteiger partial charge in [0, 0.05) is 31.4 Å². The third-order valence-corrected chi connectivity index (χ3v) is 9.16. The molecule has 0 bridgehead atoms. The van der Waals surface area contributed by atoms with E-state index in [4.69, 9.17) is 0 Å². The number of anilines is 1. The van der Waals surface area contributed by atoms with Gasteiger partial charge in [-0.15, -0.1) is 0 Å². The van der Waals surface area contributed by atoms with E-state index in [0.717, 1.165) is 23.6 Å². The fraction of sp³-hybridized carbons (Fsp3) is 0.364. The Labute approximate surface area is 194 Å². The van der Waals surface area contributed by atoms with Crippen LogP contribution in [0.25, 0.3) is 0 Å². The van der Waals surface area contributed by atoms with E-state index in [2.05, 4.69) is 5.32 Å². The second-order valence-corrected chi connectivity index (χ2v) is 11.9. The van der Waals surface area contributed by atoms with E-state index in [-0.39, 0.29) is 15.6 Å². The number of carbonyl (C=O) groups is 2. The summed E-state index contributed by atoms with van der Waals surface area (Å²) < 4.78 is 53.2. The van der Waals surface area contributed by atoms with Gasteiger partial charge in [-0.1, -0.05) is 18.6 Å². The van der Waals surface area contributed by atoms with Crippen molar-refractivity contribution in [2.24, 2.45) is 0 Å². The van der Waals surface area contributed by atoms with Crippen molar-refractivity contribution in [3.8, 4) is 0 Å². The quantitative estimate of drug-likeness (QED) is 0.564. The first-order valence-corrected chi connectivity index (χ1v) is 13.4. The maximum absolute atomic E-state index is 12.7. The third-order valence-electron chi connectivity index (χ3n) is 5.43. The first-order chi connectivity index (χ1) is 15.5. The molecule has 2 aromatic rings. The highest BCUT2D eigenvalue weighted by Gasteiger charge is 2.26. The second-order valence-electron chi connectivity index (χ2n) is 7.88. The molecule has 0 unspecified atom stereocenters. The number of Topliss-reactive ketones (excluding diaryl/α,β-unsaturated/α-hetero) is 1. The number of carbonyl (C=O) groups excluding carboxylic acids is 2. The molecule has 1 amide bonds. The molecule has 1 N–H and O–H groups in total. The predicted octanol–water partition coefficient (Wildman–Crippen LogP) is 2.32. The Bertz CT molecular complexity index is 1220. The van der Waals surface area contributed by atoms with Gasteiger partial charge >= 0.3 is 0 Å². The largest absolute Gasteiger partial charge is 0.325 e. The lowest BCUT2D eigenvalue weighted by Crippen LogP contribution is -2.35. The van der Waals surface area contributed by atoms with Crippen LogP contribution in [0.5, 0.6) is 0 Å². The van der Waals surface area contributed by atoms with Gasteiger partial charge in [0.1, 0.15) is 0 Å². The lowest BCUT2D eigenvalue weighted by atomic mass is 10.2. The molecule has 1 heterocycles. The molecule has 0 aromatic heterocycles. The summed E-state index contributed by atoms with van der Waals surface area (Å²) in [6.45, 7) is 1.94. The first kappa shape index (κ1) is 25.0. The number of sulfonamides is 2. The normalized spacial score (nSPS) is 15.4. The van der Waals surface area contributed by atoms with Gasteiger partial charge in [-0.25, -0.2) is 16.8 Å². The molecule has 33 heavy (non-hydrogen) atoms. The maximum atomic E-state index is 12.7. The van der Waals surface area contributed by atoms with Crippen LogP contribution in [-0.4, -0.2) is 63.8 Å². The van der Waals surface area contributed by atoms with Gasteiger partial charge in [0.05, 0.1) is 16.3 Å². The number of nitrogens with one attached hydrogen (secondary N) is 1. The minimum Gasteiger partial charge on any atom is -0.325 e. The van der Waals surface area contributed by atoms with E-state index in [1.807, 2.05) is 0 Å². The number of ketones is 1. The summed E-state index contributed by atoms with van der Waals surface area (Å²) in [6, 6.07) is 11.3. The smallest absolute Gasteiger partial charge is 0.243 e. The van der Waals surface area contributed by atoms with Crippen LogP contribution in [0, 0.1) is 0 Å². The standard InChI is InChI=1S/C22H27N3O6S2/c1-17(26)18-6-10-20(11-7-18)32(28,29)24(2)16-22(27)23-19-8-12-21(13-9-19)33(30,31)25-14-4-3-5-15-25/h6-13H,3-5,14-16H2,1-2H3,(H,23,27). The minimum atomic E-state index is -3.93. The molecule has 0 radical (unpaired) electrons. The average molecular weight is 494 g/mol. The SMILES string of the molecule is CC(=O)c1ccc(S(=O)(=O)N(C)CC(=O)Nc2ccc(S(=O)(=O)N3CCCCC3)cc2)cc1. The lowest BCUT2D eigenvalue weighted by molar-refractivity contribution is -0.116. The molecule has 0 atom stereocenters. The fourth-order valence-electron chi connectivity index (χ4n) is 3.49. The fourth-order valence-corrected chi connectivity index (χ4v) is 6.14. The van der Waals surface area contributed by atoms with E-state index >= 15 is 0 Å². The summed E-state index contributed by atoms with van der Waals surface area (Å²) >= 11 is 0. The number of amides is 1. The molecular formula is C22H27N3O6S2. The van der Waals surface area contributed by atoms with Crippen LogP contribution in [-0.2, 0) is 24.8 Å². The topological polar surface area (TPSA) is 121 Å². The summed E-state index contributed by atoms with van der Waals surface area (Å²) in [5.41, 5.74) is 0.745. The maximum Gasteiger partial charge on any atom is 0.243 e. The van der Waals surface area contributed by atoms with Gasteiger partial charge in [-0.05, 0) is 56.2 Å². The van der Waals surface area contributed by atoms with Crippen molar-refractivity contribution < 1.29 is 26.4 Å². The van der Waals surface area contributed by atoms with Gasteiger partial charge < -0.3 is 5.32 Å². The van der Waals surface area contributed by atoms with Gasteiger partial charge in [0.15, 0.2) is 5.78 Å². The monoisotopic (exact) mass is 493 g/mol. The van der Waals surface area contributed by atoms with Gasteiger partial charge in [0.25, 0.3) is 0 Å². The van der Waals surface area contributed by atoms with Crippen LogP contribution in [0.1, 0.15) is 36.5 Å². The summed E-state index contributed by atoms with van der Waals surface area (Å²) in [5, 5.41) is 2.58. The number of benzene rings is 2. The van der Waals surface area contributed by atoms with Crippen LogP contribution in [0.15, 0.2) is 58.3 Å². The molecular weight excluding hydrogens is 466 g/mol. The van der Waals surface area contributed by atoms with E-state index < -0.39 is 32.5 Å². The number of hydrogen-bond donors (Lipinski definition) is 1. The lowest BCUT2D eigenvalue weighted by Gasteiger charge is -2.25. The zero-order valence-electron chi connectivity index (χ0n) is 18.5. The minimum absolute atomic E-state index is 0.0323. The Hall–Kier alpha value is -2.60. The van der Waals surface area contributed by atoms with E-state index in [1.54, 1.807) is 0 Å². The Morgan fingerprint density at radius 1 is 0.879 bits per heavy atom. The number of piperidine rings is 1. The molecule has 3 rings (SSSR count). The van der Waals surface area contributed by atoms with Crippen molar-refractivity contribution in [3.63, 3.8) is 0 Å². The Morgan fingerprint density at radius 3 is 1.97 bits per heavy atom. The molecule has 2 aromatic carbocycles. The first-order valence-electron chi connectivity index (χ1n) is 10.5. The number of nitrogens with zero attached hydrogens (tertiary/aromatic N) is 2. The average Bonchev–Trinajstić information content (AvgIpc) is 2.80. The van der Waals surface area contributed by atoms with Crippen molar-refractivity contribution in [1.29, 1.82) is 0 Å². The zero-order chi connectivity index (χ0) is 24.2. The molecule has 1 aliphatic heterocycles. The highest BCUT2D eigenvalue weighted by atomic mass is 32.2. The van der Waals surface area contributed by atoms with E-state index in [1.165, 1.54) is 66.8 Å². The Kier molecular flexibility index (Phi) is 7.68. The Balaban J connectivity index is 1.63. The number of hydrogen-bond acceptors (Lipinski definition) is 6. The molecule has 0 saturated carbocycles. The highest BCUT2D eigenvalue weighted by Crippen LogP contribution is 2.22. The van der Waals surface area contributed by atoms with E-state index in [9.17, 15) is 26.4 Å². The van der Waals surface area contributed by atoms with Crippen molar-refractivity contribution >= 4 is 37.4 Å². The summed E-state index contributed by atoms with van der Waals surface area (Å²) in [7, 11) is -6.22. The van der Waals surface area contributed by atoms with E-state index in [0.29, 0.717) is 24.3 Å². The third kappa shape index (κ3) is 5.85. The van der Waals surface area contributed by atoms with Gasteiger partial charge in [0.2, 0.25) is 26.0 Å². The Morgan fingerprint density at radius 2 is 1.42 bits per heavy atom. The van der Waals surface area contributed by atoms with Crippen molar-refractivity contribution in [2.75, 3.05) is 32.0 Å².